The summed E-state index contributed by atoms with van der Waals surface area (Å²) in [5, 5.41) is 9.21. The van der Waals surface area contributed by atoms with E-state index in [0.717, 1.165) is 12.0 Å². The normalized spacial score (nSPS) is 10.3. The summed E-state index contributed by atoms with van der Waals surface area (Å²) < 4.78 is 0. The quantitative estimate of drug-likeness (QED) is 0.800. The van der Waals surface area contributed by atoms with Crippen LogP contribution in [-0.2, 0) is 6.42 Å². The van der Waals surface area contributed by atoms with E-state index < -0.39 is 0 Å². The molecule has 0 aliphatic carbocycles. The summed E-state index contributed by atoms with van der Waals surface area (Å²) in [6.07, 6.45) is 0.734. The van der Waals surface area contributed by atoms with Crippen LogP contribution in [0.4, 0.5) is 0 Å². The van der Waals surface area contributed by atoms with E-state index in [1.807, 2.05) is 30.3 Å². The third kappa shape index (κ3) is 4.76. The lowest BCUT2D eigenvalue weighted by Crippen LogP contribution is -2.35. The zero-order valence-electron chi connectivity index (χ0n) is 13.2. The molecule has 0 atom stereocenters. The zero-order valence-corrected chi connectivity index (χ0v) is 13.2. The van der Waals surface area contributed by atoms with Crippen molar-refractivity contribution >= 4 is 11.7 Å². The molecule has 0 saturated carbocycles. The number of ketones is 1. The monoisotopic (exact) mass is 311 g/mol. The highest BCUT2D eigenvalue weighted by Crippen LogP contribution is 2.10. The van der Waals surface area contributed by atoms with E-state index in [9.17, 15) is 14.7 Å². The molecule has 2 aromatic carbocycles. The lowest BCUT2D eigenvalue weighted by molar-refractivity contribution is 0.0723. The topological polar surface area (TPSA) is 57.6 Å². The van der Waals surface area contributed by atoms with Crippen molar-refractivity contribution in [2.45, 2.75) is 13.3 Å². The Kier molecular flexibility index (Phi) is 6.06. The first-order valence-electron chi connectivity index (χ1n) is 7.67. The maximum absolute atomic E-state index is 12.6. The Bertz CT molecular complexity index is 650. The number of rotatable bonds is 7. The molecule has 0 heterocycles. The van der Waals surface area contributed by atoms with E-state index in [4.69, 9.17) is 0 Å². The van der Waals surface area contributed by atoms with E-state index in [0.29, 0.717) is 24.2 Å². The Labute approximate surface area is 136 Å². The fourth-order valence-electron chi connectivity index (χ4n) is 2.37. The van der Waals surface area contributed by atoms with Gasteiger partial charge in [0, 0.05) is 24.2 Å². The molecule has 1 amide bonds. The fourth-order valence-corrected chi connectivity index (χ4v) is 2.37. The molecular weight excluding hydrogens is 290 g/mol. The van der Waals surface area contributed by atoms with Gasteiger partial charge >= 0.3 is 0 Å². The average molecular weight is 311 g/mol. The van der Waals surface area contributed by atoms with Crippen LogP contribution in [0.3, 0.4) is 0 Å². The number of benzene rings is 2. The highest BCUT2D eigenvalue weighted by atomic mass is 16.3. The van der Waals surface area contributed by atoms with Crippen molar-refractivity contribution in [3.63, 3.8) is 0 Å². The van der Waals surface area contributed by atoms with Gasteiger partial charge in [0.15, 0.2) is 5.78 Å². The molecule has 0 saturated heterocycles. The summed E-state index contributed by atoms with van der Waals surface area (Å²) in [6, 6.07) is 16.6. The van der Waals surface area contributed by atoms with Gasteiger partial charge in [0.05, 0.1) is 6.61 Å². The largest absolute Gasteiger partial charge is 0.395 e. The molecule has 0 bridgehead atoms. The van der Waals surface area contributed by atoms with Gasteiger partial charge in [-0.1, -0.05) is 42.5 Å². The van der Waals surface area contributed by atoms with Crippen LogP contribution in [0.5, 0.6) is 0 Å². The third-order valence-electron chi connectivity index (χ3n) is 3.71. The molecule has 0 aliphatic heterocycles. The molecular formula is C19H21NO3. The molecule has 4 nitrogen and oxygen atoms in total. The first kappa shape index (κ1) is 16.9. The van der Waals surface area contributed by atoms with Crippen LogP contribution < -0.4 is 0 Å². The van der Waals surface area contributed by atoms with Crippen LogP contribution in [0, 0.1) is 0 Å². The third-order valence-corrected chi connectivity index (χ3v) is 3.71. The van der Waals surface area contributed by atoms with Gasteiger partial charge in [0.25, 0.3) is 5.91 Å². The summed E-state index contributed by atoms with van der Waals surface area (Å²) in [4.78, 5) is 25.5. The number of hydrogen-bond donors (Lipinski definition) is 1. The van der Waals surface area contributed by atoms with Crippen molar-refractivity contribution < 1.29 is 14.7 Å². The average Bonchev–Trinajstić information content (AvgIpc) is 2.59. The molecule has 1 N–H and O–H groups in total. The van der Waals surface area contributed by atoms with Crippen LogP contribution in [-0.4, -0.2) is 41.4 Å². The summed E-state index contributed by atoms with van der Waals surface area (Å²) >= 11 is 0. The molecule has 0 aromatic heterocycles. The van der Waals surface area contributed by atoms with E-state index in [1.54, 1.807) is 29.2 Å². The maximum Gasteiger partial charge on any atom is 0.253 e. The van der Waals surface area contributed by atoms with Crippen LogP contribution >= 0.6 is 0 Å². The van der Waals surface area contributed by atoms with Crippen molar-refractivity contribution in [2.24, 2.45) is 0 Å². The number of amides is 1. The predicted octanol–water partition coefficient (Wildman–Crippen LogP) is 2.57. The smallest absolute Gasteiger partial charge is 0.253 e. The van der Waals surface area contributed by atoms with Crippen molar-refractivity contribution in [3.8, 4) is 0 Å². The SMILES string of the molecule is CC(=O)c1ccc(C(=O)N(CCO)CCc2ccccc2)cc1. The van der Waals surface area contributed by atoms with Crippen molar-refractivity contribution in [1.82, 2.24) is 4.90 Å². The minimum Gasteiger partial charge on any atom is -0.395 e. The van der Waals surface area contributed by atoms with Crippen LogP contribution in [0.15, 0.2) is 54.6 Å². The molecule has 23 heavy (non-hydrogen) atoms. The van der Waals surface area contributed by atoms with Crippen LogP contribution in [0.25, 0.3) is 0 Å². The second kappa shape index (κ2) is 8.25. The maximum atomic E-state index is 12.6. The molecule has 2 aromatic rings. The fraction of sp³-hybridized carbons (Fsp3) is 0.263. The van der Waals surface area contributed by atoms with Gasteiger partial charge in [0.2, 0.25) is 0 Å². The Hall–Kier alpha value is -2.46. The molecule has 2 rings (SSSR count). The number of aliphatic hydroxyl groups excluding tert-OH is 1. The number of Topliss-reactive ketones (excluding diaryl/α,β-unsaturated/α-hetero) is 1. The highest BCUT2D eigenvalue weighted by molar-refractivity contribution is 5.97. The lowest BCUT2D eigenvalue weighted by atomic mass is 10.1. The summed E-state index contributed by atoms with van der Waals surface area (Å²) in [5.74, 6) is -0.162. The predicted molar refractivity (Wildman–Crippen MR) is 89.6 cm³/mol. The van der Waals surface area contributed by atoms with Gasteiger partial charge in [-0.15, -0.1) is 0 Å². The van der Waals surface area contributed by atoms with Gasteiger partial charge in [0.1, 0.15) is 0 Å². The summed E-state index contributed by atoms with van der Waals surface area (Å²) in [7, 11) is 0. The molecule has 0 unspecified atom stereocenters. The Morgan fingerprint density at radius 2 is 1.52 bits per heavy atom. The first-order chi connectivity index (χ1) is 11.1. The van der Waals surface area contributed by atoms with Crippen molar-refractivity contribution in [3.05, 3.63) is 71.3 Å². The van der Waals surface area contributed by atoms with Gasteiger partial charge in [-0.25, -0.2) is 0 Å². The summed E-state index contributed by atoms with van der Waals surface area (Å²) in [5.41, 5.74) is 2.26. The van der Waals surface area contributed by atoms with E-state index in [1.165, 1.54) is 6.92 Å². The van der Waals surface area contributed by atoms with Gasteiger partial charge < -0.3 is 10.0 Å². The summed E-state index contributed by atoms with van der Waals surface area (Å²) in [6.45, 7) is 2.25. The molecule has 0 aliphatic rings. The highest BCUT2D eigenvalue weighted by Gasteiger charge is 2.15. The van der Waals surface area contributed by atoms with Crippen LogP contribution in [0.2, 0.25) is 0 Å². The number of carbonyl (C=O) groups excluding carboxylic acids is 2. The molecule has 120 valence electrons. The lowest BCUT2D eigenvalue weighted by Gasteiger charge is -2.22. The first-order valence-corrected chi connectivity index (χ1v) is 7.67. The number of nitrogens with zero attached hydrogens (tertiary/aromatic N) is 1. The Morgan fingerprint density at radius 3 is 2.09 bits per heavy atom. The molecule has 0 spiro atoms. The van der Waals surface area contributed by atoms with Gasteiger partial charge in [-0.05, 0) is 31.0 Å². The van der Waals surface area contributed by atoms with Gasteiger partial charge in [-0.3, -0.25) is 9.59 Å². The minimum absolute atomic E-state index is 0.0275. The molecule has 4 heteroatoms. The number of aliphatic hydroxyl groups is 1. The van der Waals surface area contributed by atoms with E-state index in [-0.39, 0.29) is 18.3 Å². The Balaban J connectivity index is 2.06. The number of hydrogen-bond acceptors (Lipinski definition) is 3. The van der Waals surface area contributed by atoms with Crippen molar-refractivity contribution in [1.29, 1.82) is 0 Å². The van der Waals surface area contributed by atoms with E-state index >= 15 is 0 Å². The number of carbonyl (C=O) groups is 2. The Morgan fingerprint density at radius 1 is 0.913 bits per heavy atom. The minimum atomic E-state index is -0.134. The molecule has 0 fully saturated rings. The van der Waals surface area contributed by atoms with Crippen molar-refractivity contribution in [2.75, 3.05) is 19.7 Å². The second-order valence-electron chi connectivity index (χ2n) is 5.38. The standard InChI is InChI=1S/C19H21NO3/c1-15(22)17-7-9-18(10-8-17)19(23)20(13-14-21)12-11-16-5-3-2-4-6-16/h2-10,21H,11-14H2,1H3. The van der Waals surface area contributed by atoms with Crippen LogP contribution in [0.1, 0.15) is 33.2 Å². The second-order valence-corrected chi connectivity index (χ2v) is 5.38. The zero-order chi connectivity index (χ0) is 16.7. The molecule has 0 radical (unpaired) electrons. The van der Waals surface area contributed by atoms with Gasteiger partial charge in [-0.2, -0.15) is 0 Å². The van der Waals surface area contributed by atoms with E-state index in [2.05, 4.69) is 0 Å².